The highest BCUT2D eigenvalue weighted by Crippen LogP contribution is 2.18. The van der Waals surface area contributed by atoms with Crippen molar-refractivity contribution in [1.82, 2.24) is 15.3 Å². The zero-order chi connectivity index (χ0) is 16.6. The fourth-order valence-corrected chi connectivity index (χ4v) is 2.85. The lowest BCUT2D eigenvalue weighted by molar-refractivity contribution is 0.181. The van der Waals surface area contributed by atoms with E-state index >= 15 is 0 Å². The van der Waals surface area contributed by atoms with Crippen LogP contribution in [0, 0.1) is 5.92 Å². The lowest BCUT2D eigenvalue weighted by Gasteiger charge is -2.23. The first-order valence-corrected chi connectivity index (χ1v) is 8.47. The van der Waals surface area contributed by atoms with Crippen LogP contribution in [0.25, 0.3) is 0 Å². The minimum Gasteiger partial charge on any atom is -0.378 e. The maximum Gasteiger partial charge on any atom is 0.229 e. The number of para-hydroxylation sites is 1. The first kappa shape index (κ1) is 16.7. The van der Waals surface area contributed by atoms with Crippen molar-refractivity contribution in [3.05, 3.63) is 42.1 Å². The number of ether oxygens (including phenoxy) is 1. The number of benzene rings is 1. The molecule has 1 aromatic heterocycles. The number of anilines is 3. The van der Waals surface area contributed by atoms with Gasteiger partial charge in [0.2, 0.25) is 5.95 Å². The number of aromatic nitrogens is 2. The molecule has 2 aromatic rings. The fraction of sp³-hybridized carbons (Fsp3) is 0.444. The van der Waals surface area contributed by atoms with Gasteiger partial charge in [-0.3, -0.25) is 0 Å². The van der Waals surface area contributed by atoms with Crippen molar-refractivity contribution in [3.63, 3.8) is 0 Å². The summed E-state index contributed by atoms with van der Waals surface area (Å²) in [6, 6.07) is 11.9. The second-order valence-corrected chi connectivity index (χ2v) is 6.07. The van der Waals surface area contributed by atoms with Gasteiger partial charge in [0.15, 0.2) is 0 Å². The van der Waals surface area contributed by atoms with Gasteiger partial charge in [0.25, 0.3) is 0 Å². The minimum absolute atomic E-state index is 0.466. The minimum atomic E-state index is 0.466. The third kappa shape index (κ3) is 4.91. The van der Waals surface area contributed by atoms with Gasteiger partial charge in [-0.15, -0.1) is 0 Å². The Hall–Kier alpha value is -2.18. The maximum absolute atomic E-state index is 5.23. The normalized spacial score (nSPS) is 15.2. The molecule has 0 saturated carbocycles. The van der Waals surface area contributed by atoms with E-state index in [1.54, 1.807) is 7.11 Å². The molecule has 3 rings (SSSR count). The van der Waals surface area contributed by atoms with E-state index in [2.05, 4.69) is 25.9 Å². The van der Waals surface area contributed by atoms with Crippen molar-refractivity contribution in [1.29, 1.82) is 0 Å². The van der Waals surface area contributed by atoms with Crippen molar-refractivity contribution < 1.29 is 4.74 Å². The predicted molar refractivity (Wildman–Crippen MR) is 96.6 cm³/mol. The molecule has 3 N–H and O–H groups in total. The van der Waals surface area contributed by atoms with Crippen LogP contribution in [-0.4, -0.2) is 36.7 Å². The number of rotatable bonds is 7. The molecule has 128 valence electrons. The van der Waals surface area contributed by atoms with E-state index in [9.17, 15) is 0 Å². The summed E-state index contributed by atoms with van der Waals surface area (Å²) in [4.78, 5) is 9.11. The molecule has 1 aliphatic rings. The Morgan fingerprint density at radius 2 is 1.96 bits per heavy atom. The highest BCUT2D eigenvalue weighted by Gasteiger charge is 2.13. The molecule has 1 aliphatic heterocycles. The van der Waals surface area contributed by atoms with Gasteiger partial charge in [-0.1, -0.05) is 18.2 Å². The van der Waals surface area contributed by atoms with Gasteiger partial charge in [0.1, 0.15) is 5.82 Å². The quantitative estimate of drug-likeness (QED) is 0.726. The second kappa shape index (κ2) is 8.61. The predicted octanol–water partition coefficient (Wildman–Crippen LogP) is 2.78. The molecule has 1 saturated heterocycles. The summed E-state index contributed by atoms with van der Waals surface area (Å²) in [5.41, 5.74) is 1.83. The first-order valence-electron chi connectivity index (χ1n) is 8.47. The molecule has 0 amide bonds. The number of methoxy groups -OCH3 is 1. The SMILES string of the molecule is COCc1cc(NCC2CCNCC2)nc(Nc2ccccc2)n1. The monoisotopic (exact) mass is 327 g/mol. The zero-order valence-corrected chi connectivity index (χ0v) is 14.1. The number of piperidine rings is 1. The van der Waals surface area contributed by atoms with Crippen molar-refractivity contribution >= 4 is 17.5 Å². The summed E-state index contributed by atoms with van der Waals surface area (Å²) in [6.45, 7) is 3.61. The lowest BCUT2D eigenvalue weighted by Crippen LogP contribution is -2.31. The molecule has 0 aliphatic carbocycles. The van der Waals surface area contributed by atoms with E-state index in [4.69, 9.17) is 4.74 Å². The summed E-state index contributed by atoms with van der Waals surface area (Å²) >= 11 is 0. The molecule has 0 spiro atoms. The topological polar surface area (TPSA) is 71.1 Å². The molecule has 0 atom stereocenters. The molecule has 24 heavy (non-hydrogen) atoms. The van der Waals surface area contributed by atoms with Crippen LogP contribution in [0.5, 0.6) is 0 Å². The van der Waals surface area contributed by atoms with E-state index in [1.807, 2.05) is 36.4 Å². The Labute approximate surface area is 143 Å². The molecule has 0 unspecified atom stereocenters. The molecule has 6 nitrogen and oxygen atoms in total. The van der Waals surface area contributed by atoms with E-state index in [-0.39, 0.29) is 0 Å². The molecule has 1 aromatic carbocycles. The Balaban J connectivity index is 1.69. The summed E-state index contributed by atoms with van der Waals surface area (Å²) in [6.07, 6.45) is 2.41. The number of hydrogen-bond donors (Lipinski definition) is 3. The lowest BCUT2D eigenvalue weighted by atomic mass is 9.98. The van der Waals surface area contributed by atoms with Gasteiger partial charge in [0.05, 0.1) is 12.3 Å². The van der Waals surface area contributed by atoms with Crippen LogP contribution >= 0.6 is 0 Å². The van der Waals surface area contributed by atoms with Crippen LogP contribution in [0.3, 0.4) is 0 Å². The van der Waals surface area contributed by atoms with Crippen LogP contribution in [0.1, 0.15) is 18.5 Å². The van der Waals surface area contributed by atoms with Crippen molar-refractivity contribution in [2.45, 2.75) is 19.4 Å². The summed E-state index contributed by atoms with van der Waals surface area (Å²) in [7, 11) is 1.68. The Morgan fingerprint density at radius 1 is 1.17 bits per heavy atom. The smallest absolute Gasteiger partial charge is 0.229 e. The van der Waals surface area contributed by atoms with E-state index in [1.165, 1.54) is 12.8 Å². The average Bonchev–Trinajstić information content (AvgIpc) is 2.62. The fourth-order valence-electron chi connectivity index (χ4n) is 2.85. The standard InChI is InChI=1S/C18H25N5O/c1-24-13-16-11-17(20-12-14-7-9-19-10-8-14)23-18(22-16)21-15-5-3-2-4-6-15/h2-6,11,14,19H,7-10,12-13H2,1H3,(H2,20,21,22,23). The van der Waals surface area contributed by atoms with Crippen molar-refractivity contribution in [3.8, 4) is 0 Å². The second-order valence-electron chi connectivity index (χ2n) is 6.07. The van der Waals surface area contributed by atoms with Crippen LogP contribution in [0.2, 0.25) is 0 Å². The molecular formula is C18H25N5O. The van der Waals surface area contributed by atoms with Gasteiger partial charge in [0, 0.05) is 25.4 Å². The highest BCUT2D eigenvalue weighted by molar-refractivity contribution is 5.55. The maximum atomic E-state index is 5.23. The summed E-state index contributed by atoms with van der Waals surface area (Å²) < 4.78 is 5.23. The Bertz CT molecular complexity index is 629. The third-order valence-corrected chi connectivity index (χ3v) is 4.13. The van der Waals surface area contributed by atoms with E-state index in [0.717, 1.165) is 36.8 Å². The van der Waals surface area contributed by atoms with Gasteiger partial charge in [-0.2, -0.15) is 4.98 Å². The number of nitrogens with zero attached hydrogens (tertiary/aromatic N) is 2. The number of nitrogens with one attached hydrogen (secondary N) is 3. The molecule has 0 bridgehead atoms. The molecule has 2 heterocycles. The van der Waals surface area contributed by atoms with Crippen LogP contribution in [0.15, 0.2) is 36.4 Å². The van der Waals surface area contributed by atoms with Gasteiger partial charge in [-0.05, 0) is 44.0 Å². The van der Waals surface area contributed by atoms with Gasteiger partial charge < -0.3 is 20.7 Å². The van der Waals surface area contributed by atoms with E-state index in [0.29, 0.717) is 18.5 Å². The van der Waals surface area contributed by atoms with Crippen molar-refractivity contribution in [2.75, 3.05) is 37.4 Å². The van der Waals surface area contributed by atoms with Crippen LogP contribution in [-0.2, 0) is 11.3 Å². The average molecular weight is 327 g/mol. The molecule has 1 fully saturated rings. The largest absolute Gasteiger partial charge is 0.378 e. The molecule has 6 heteroatoms. The molecular weight excluding hydrogens is 302 g/mol. The van der Waals surface area contributed by atoms with Gasteiger partial charge in [-0.25, -0.2) is 4.98 Å². The highest BCUT2D eigenvalue weighted by atomic mass is 16.5. The van der Waals surface area contributed by atoms with Crippen LogP contribution in [0.4, 0.5) is 17.5 Å². The first-order chi connectivity index (χ1) is 11.8. The zero-order valence-electron chi connectivity index (χ0n) is 14.1. The van der Waals surface area contributed by atoms with E-state index < -0.39 is 0 Å². The summed E-state index contributed by atoms with van der Waals surface area (Å²) in [5.74, 6) is 2.12. The van der Waals surface area contributed by atoms with Crippen LogP contribution < -0.4 is 16.0 Å². The van der Waals surface area contributed by atoms with Crippen molar-refractivity contribution in [2.24, 2.45) is 5.92 Å². The summed E-state index contributed by atoms with van der Waals surface area (Å²) in [5, 5.41) is 10.1. The van der Waals surface area contributed by atoms with Gasteiger partial charge >= 0.3 is 0 Å². The number of hydrogen-bond acceptors (Lipinski definition) is 6. The Kier molecular flexibility index (Phi) is 5.98. The Morgan fingerprint density at radius 3 is 2.71 bits per heavy atom. The molecule has 0 radical (unpaired) electrons. The third-order valence-electron chi connectivity index (χ3n) is 4.13.